The highest BCUT2D eigenvalue weighted by Gasteiger charge is 2.17. The van der Waals surface area contributed by atoms with E-state index in [1.165, 1.54) is 12.3 Å². The summed E-state index contributed by atoms with van der Waals surface area (Å²) in [5.74, 6) is 0. The zero-order valence-electron chi connectivity index (χ0n) is 13.2. The van der Waals surface area contributed by atoms with Gasteiger partial charge in [-0.2, -0.15) is 10.2 Å². The largest absolute Gasteiger partial charge is 0.277 e. The van der Waals surface area contributed by atoms with Crippen LogP contribution < -0.4 is 4.72 Å². The number of fused-ring (bicyclic) bond motifs is 1. The molecule has 0 saturated carbocycles. The van der Waals surface area contributed by atoms with Gasteiger partial charge >= 0.3 is 0 Å². The van der Waals surface area contributed by atoms with E-state index in [4.69, 9.17) is 0 Å². The summed E-state index contributed by atoms with van der Waals surface area (Å²) in [5.41, 5.74) is 2.52. The summed E-state index contributed by atoms with van der Waals surface area (Å²) in [6.07, 6.45) is 4.62. The third-order valence-corrected chi connectivity index (χ3v) is 5.18. The lowest BCUT2D eigenvalue weighted by molar-refractivity contribution is 0.601. The summed E-state index contributed by atoms with van der Waals surface area (Å²) in [5, 5.41) is 11.7. The van der Waals surface area contributed by atoms with Crippen LogP contribution in [0.1, 0.15) is 0 Å². The standard InChI is InChI=1S/C16H14N6O2S/c1-22-16-11(9-19-22)3-2-4-15(16)21-25(23,24)12-5-6-13(17-10-12)14-7-8-18-20-14/h2-10,21H,1H3,(H,18,20). The van der Waals surface area contributed by atoms with Crippen molar-refractivity contribution < 1.29 is 8.42 Å². The molecule has 0 bridgehead atoms. The van der Waals surface area contributed by atoms with Crippen molar-refractivity contribution in [1.29, 1.82) is 0 Å². The number of aromatic amines is 1. The van der Waals surface area contributed by atoms with E-state index in [1.807, 2.05) is 6.07 Å². The minimum atomic E-state index is -3.76. The SMILES string of the molecule is Cn1ncc2cccc(NS(=O)(=O)c3ccc(-c4ccn[nH]4)nc3)c21. The molecule has 0 fully saturated rings. The Balaban J connectivity index is 1.68. The molecular formula is C16H14N6O2S. The summed E-state index contributed by atoms with van der Waals surface area (Å²) >= 11 is 0. The second-order valence-corrected chi connectivity index (χ2v) is 7.15. The highest BCUT2D eigenvalue weighted by Crippen LogP contribution is 2.25. The lowest BCUT2D eigenvalue weighted by Crippen LogP contribution is -2.14. The van der Waals surface area contributed by atoms with Crippen molar-refractivity contribution in [3.8, 4) is 11.4 Å². The Kier molecular flexibility index (Phi) is 3.50. The fourth-order valence-corrected chi connectivity index (χ4v) is 3.63. The molecule has 0 aliphatic carbocycles. The van der Waals surface area contributed by atoms with Crippen molar-refractivity contribution in [2.75, 3.05) is 4.72 Å². The molecule has 0 spiro atoms. The fourth-order valence-electron chi connectivity index (χ4n) is 2.62. The Morgan fingerprint density at radius 3 is 2.72 bits per heavy atom. The molecule has 3 heterocycles. The number of rotatable bonds is 4. The normalized spacial score (nSPS) is 11.7. The van der Waals surface area contributed by atoms with Gasteiger partial charge in [-0.15, -0.1) is 0 Å². The van der Waals surface area contributed by atoms with E-state index in [0.29, 0.717) is 16.9 Å². The molecule has 0 aliphatic heterocycles. The van der Waals surface area contributed by atoms with Gasteiger partial charge in [-0.3, -0.25) is 19.5 Å². The van der Waals surface area contributed by atoms with E-state index in [-0.39, 0.29) is 4.90 Å². The summed E-state index contributed by atoms with van der Waals surface area (Å²) in [6, 6.07) is 10.3. The molecule has 4 aromatic rings. The van der Waals surface area contributed by atoms with E-state index < -0.39 is 10.0 Å². The quantitative estimate of drug-likeness (QED) is 0.584. The van der Waals surface area contributed by atoms with E-state index in [0.717, 1.165) is 11.1 Å². The van der Waals surface area contributed by atoms with E-state index in [9.17, 15) is 8.42 Å². The molecule has 0 atom stereocenters. The van der Waals surface area contributed by atoms with Gasteiger partial charge in [0.15, 0.2) is 0 Å². The highest BCUT2D eigenvalue weighted by atomic mass is 32.2. The van der Waals surface area contributed by atoms with Crippen molar-refractivity contribution >= 4 is 26.6 Å². The first-order valence-corrected chi connectivity index (χ1v) is 8.92. The highest BCUT2D eigenvalue weighted by molar-refractivity contribution is 7.92. The zero-order chi connectivity index (χ0) is 17.4. The number of sulfonamides is 1. The molecule has 0 unspecified atom stereocenters. The third kappa shape index (κ3) is 2.74. The summed E-state index contributed by atoms with van der Waals surface area (Å²) in [7, 11) is -2.00. The second-order valence-electron chi connectivity index (χ2n) is 5.47. The molecule has 4 rings (SSSR count). The van der Waals surface area contributed by atoms with Crippen LogP contribution in [0, 0.1) is 0 Å². The first kappa shape index (κ1) is 15.3. The number of para-hydroxylation sites is 1. The van der Waals surface area contributed by atoms with Gasteiger partial charge in [-0.25, -0.2) is 8.42 Å². The average molecular weight is 354 g/mol. The van der Waals surface area contributed by atoms with Crippen LogP contribution in [-0.2, 0) is 17.1 Å². The Morgan fingerprint density at radius 1 is 1.12 bits per heavy atom. The van der Waals surface area contributed by atoms with Crippen molar-refractivity contribution in [3.05, 3.63) is 55.0 Å². The Labute approximate surface area is 143 Å². The van der Waals surface area contributed by atoms with Crippen LogP contribution in [0.5, 0.6) is 0 Å². The van der Waals surface area contributed by atoms with Gasteiger partial charge < -0.3 is 0 Å². The second kappa shape index (κ2) is 5.71. The maximum Gasteiger partial charge on any atom is 0.263 e. The van der Waals surface area contributed by atoms with E-state index in [2.05, 4.69) is 25.0 Å². The molecule has 126 valence electrons. The molecule has 1 aromatic carbocycles. The summed E-state index contributed by atoms with van der Waals surface area (Å²) < 4.78 is 29.6. The number of hydrogen-bond donors (Lipinski definition) is 2. The van der Waals surface area contributed by atoms with Crippen LogP contribution in [0.25, 0.3) is 22.3 Å². The molecule has 8 nitrogen and oxygen atoms in total. The zero-order valence-corrected chi connectivity index (χ0v) is 14.0. The van der Waals surface area contributed by atoms with Crippen LogP contribution in [0.2, 0.25) is 0 Å². The van der Waals surface area contributed by atoms with Crippen LogP contribution in [0.3, 0.4) is 0 Å². The Morgan fingerprint density at radius 2 is 2.00 bits per heavy atom. The van der Waals surface area contributed by atoms with Gasteiger partial charge in [-0.1, -0.05) is 12.1 Å². The van der Waals surface area contributed by atoms with Gasteiger partial charge in [0, 0.05) is 24.8 Å². The number of aryl methyl sites for hydroxylation is 1. The van der Waals surface area contributed by atoms with Crippen molar-refractivity contribution in [2.45, 2.75) is 4.90 Å². The fraction of sp³-hybridized carbons (Fsp3) is 0.0625. The number of nitrogens with one attached hydrogen (secondary N) is 2. The number of anilines is 1. The van der Waals surface area contributed by atoms with E-state index >= 15 is 0 Å². The minimum Gasteiger partial charge on any atom is -0.277 e. The molecule has 0 saturated heterocycles. The number of hydrogen-bond acceptors (Lipinski definition) is 5. The molecule has 0 radical (unpaired) electrons. The average Bonchev–Trinajstić information content (AvgIpc) is 3.26. The predicted molar refractivity (Wildman–Crippen MR) is 93.3 cm³/mol. The third-order valence-electron chi connectivity index (χ3n) is 3.83. The molecule has 0 amide bonds. The topological polar surface area (TPSA) is 106 Å². The predicted octanol–water partition coefficient (Wildman–Crippen LogP) is 2.16. The molecule has 0 aliphatic rings. The first-order valence-electron chi connectivity index (χ1n) is 7.44. The lowest BCUT2D eigenvalue weighted by Gasteiger charge is -2.10. The van der Waals surface area contributed by atoms with Crippen LogP contribution >= 0.6 is 0 Å². The molecular weight excluding hydrogens is 340 g/mol. The smallest absolute Gasteiger partial charge is 0.263 e. The molecule has 25 heavy (non-hydrogen) atoms. The minimum absolute atomic E-state index is 0.0786. The van der Waals surface area contributed by atoms with Crippen LogP contribution in [0.4, 0.5) is 5.69 Å². The van der Waals surface area contributed by atoms with Gasteiger partial charge in [0.05, 0.1) is 28.8 Å². The summed E-state index contributed by atoms with van der Waals surface area (Å²) in [6.45, 7) is 0. The van der Waals surface area contributed by atoms with Crippen molar-refractivity contribution in [3.63, 3.8) is 0 Å². The number of nitrogens with zero attached hydrogens (tertiary/aromatic N) is 4. The van der Waals surface area contributed by atoms with Gasteiger partial charge in [0.25, 0.3) is 10.0 Å². The Bertz CT molecular complexity index is 1130. The molecule has 3 aromatic heterocycles. The van der Waals surface area contributed by atoms with Crippen LogP contribution in [-0.4, -0.2) is 33.4 Å². The molecule has 2 N–H and O–H groups in total. The number of benzene rings is 1. The maximum absolute atomic E-state index is 12.7. The molecule has 9 heteroatoms. The Hall–Kier alpha value is -3.20. The number of H-pyrrole nitrogens is 1. The van der Waals surface area contributed by atoms with Crippen molar-refractivity contribution in [1.82, 2.24) is 25.0 Å². The number of aromatic nitrogens is 5. The maximum atomic E-state index is 12.7. The monoisotopic (exact) mass is 354 g/mol. The van der Waals surface area contributed by atoms with Crippen LogP contribution in [0.15, 0.2) is 59.9 Å². The van der Waals surface area contributed by atoms with Crippen molar-refractivity contribution in [2.24, 2.45) is 7.05 Å². The number of pyridine rings is 1. The lowest BCUT2D eigenvalue weighted by atomic mass is 10.2. The van der Waals surface area contributed by atoms with Gasteiger partial charge in [-0.05, 0) is 24.3 Å². The van der Waals surface area contributed by atoms with E-state index in [1.54, 1.807) is 48.4 Å². The first-order chi connectivity index (χ1) is 12.0. The van der Waals surface area contributed by atoms with Gasteiger partial charge in [0.1, 0.15) is 4.90 Å². The summed E-state index contributed by atoms with van der Waals surface area (Å²) in [4.78, 5) is 4.27. The van der Waals surface area contributed by atoms with Gasteiger partial charge in [0.2, 0.25) is 0 Å².